The van der Waals surface area contributed by atoms with Crippen LogP contribution in [0.5, 0.6) is 0 Å². The van der Waals surface area contributed by atoms with Crippen LogP contribution in [-0.2, 0) is 0 Å². The first-order valence-corrected chi connectivity index (χ1v) is 3.43. The van der Waals surface area contributed by atoms with E-state index in [0.717, 1.165) is 0 Å². The number of hydrogen-bond donors (Lipinski definition) is 0. The summed E-state index contributed by atoms with van der Waals surface area (Å²) in [7, 11) is 0. The van der Waals surface area contributed by atoms with Crippen LogP contribution in [-0.4, -0.2) is 10.8 Å². The van der Waals surface area contributed by atoms with E-state index in [1.807, 2.05) is 0 Å². The Balaban J connectivity index is 2.71. The van der Waals surface area contributed by atoms with Crippen LogP contribution in [0.25, 0.3) is 0 Å². The van der Waals surface area contributed by atoms with E-state index < -0.39 is 10.8 Å². The van der Waals surface area contributed by atoms with E-state index in [1.54, 1.807) is 0 Å². The molecule has 0 radical (unpaired) electrons. The Kier molecular flexibility index (Phi) is 1.42. The Morgan fingerprint density at radius 2 is 2.08 bits per heavy atom. The summed E-state index contributed by atoms with van der Waals surface area (Å²) < 4.78 is 0. The molecule has 0 N–H and O–H groups in total. The summed E-state index contributed by atoms with van der Waals surface area (Å²) in [6, 6.07) is 4.23. The van der Waals surface area contributed by atoms with E-state index in [1.165, 1.54) is 18.2 Å². The minimum Gasteiger partial charge on any atom is -0.265 e. The molecule has 13 heavy (non-hydrogen) atoms. The molecular formula is C7H3N3O3. The second kappa shape index (κ2) is 2.44. The van der Waals surface area contributed by atoms with E-state index in [0.29, 0.717) is 0 Å². The quantitative estimate of drug-likeness (QED) is 0.484. The van der Waals surface area contributed by atoms with E-state index in [-0.39, 0.29) is 16.9 Å². The van der Waals surface area contributed by atoms with Gasteiger partial charge >= 0.3 is 5.91 Å². The average molecular weight is 177 g/mol. The third kappa shape index (κ3) is 0.994. The molecule has 0 aliphatic carbocycles. The highest BCUT2D eigenvalue weighted by Crippen LogP contribution is 2.33. The van der Waals surface area contributed by atoms with Gasteiger partial charge in [-0.2, -0.15) is 0 Å². The van der Waals surface area contributed by atoms with Crippen molar-refractivity contribution in [2.75, 3.05) is 0 Å². The Morgan fingerprint density at radius 1 is 1.31 bits per heavy atom. The lowest BCUT2D eigenvalue weighted by Gasteiger charge is -1.94. The predicted molar refractivity (Wildman–Crippen MR) is 41.9 cm³/mol. The van der Waals surface area contributed by atoms with Crippen molar-refractivity contribution in [3.63, 3.8) is 0 Å². The molecule has 0 spiro atoms. The number of fused-ring (bicyclic) bond motifs is 1. The zero-order valence-electron chi connectivity index (χ0n) is 6.30. The number of carbonyl (C=O) groups is 1. The maximum atomic E-state index is 11.0. The normalized spacial score (nSPS) is 13.1. The van der Waals surface area contributed by atoms with Crippen LogP contribution in [0.15, 0.2) is 28.4 Å². The summed E-state index contributed by atoms with van der Waals surface area (Å²) in [6.45, 7) is 0. The van der Waals surface area contributed by atoms with Gasteiger partial charge in [0, 0.05) is 6.07 Å². The maximum Gasteiger partial charge on any atom is 0.304 e. The van der Waals surface area contributed by atoms with Gasteiger partial charge in [0.1, 0.15) is 11.3 Å². The fourth-order valence-electron chi connectivity index (χ4n) is 1.13. The van der Waals surface area contributed by atoms with Crippen molar-refractivity contribution in [3.05, 3.63) is 33.9 Å². The van der Waals surface area contributed by atoms with Gasteiger partial charge in [0.2, 0.25) is 0 Å². The van der Waals surface area contributed by atoms with Crippen molar-refractivity contribution in [1.29, 1.82) is 0 Å². The molecule has 0 unspecified atom stereocenters. The molecule has 1 amide bonds. The Bertz CT molecular complexity index is 439. The third-order valence-electron chi connectivity index (χ3n) is 1.68. The van der Waals surface area contributed by atoms with Crippen molar-refractivity contribution < 1.29 is 9.72 Å². The van der Waals surface area contributed by atoms with Crippen LogP contribution in [0.3, 0.4) is 0 Å². The lowest BCUT2D eigenvalue weighted by atomic mass is 10.1. The highest BCUT2D eigenvalue weighted by Gasteiger charge is 2.27. The molecule has 6 nitrogen and oxygen atoms in total. The fraction of sp³-hybridized carbons (Fsp3) is 0. The third-order valence-corrected chi connectivity index (χ3v) is 1.68. The number of azo groups is 1. The molecule has 0 atom stereocenters. The summed E-state index contributed by atoms with van der Waals surface area (Å²) >= 11 is 0. The number of carbonyl (C=O) groups excluding carboxylic acids is 1. The number of nitrogens with zero attached hydrogens (tertiary/aromatic N) is 3. The molecule has 64 valence electrons. The number of hydrogen-bond acceptors (Lipinski definition) is 4. The first kappa shape index (κ1) is 7.53. The smallest absolute Gasteiger partial charge is 0.265 e. The molecular weight excluding hydrogens is 174 g/mol. The second-order valence-electron chi connectivity index (χ2n) is 2.43. The van der Waals surface area contributed by atoms with Crippen LogP contribution in [0.4, 0.5) is 11.4 Å². The van der Waals surface area contributed by atoms with Crippen molar-refractivity contribution in [3.8, 4) is 0 Å². The number of amides is 1. The van der Waals surface area contributed by atoms with E-state index in [2.05, 4.69) is 10.2 Å². The van der Waals surface area contributed by atoms with Crippen molar-refractivity contribution in [2.24, 2.45) is 10.2 Å². The molecule has 0 fully saturated rings. The van der Waals surface area contributed by atoms with Gasteiger partial charge in [-0.3, -0.25) is 14.9 Å². The first-order chi connectivity index (χ1) is 6.20. The van der Waals surface area contributed by atoms with Crippen LogP contribution in [0, 0.1) is 10.1 Å². The Morgan fingerprint density at radius 3 is 2.77 bits per heavy atom. The summed E-state index contributed by atoms with van der Waals surface area (Å²) in [6.07, 6.45) is 0. The zero-order valence-corrected chi connectivity index (χ0v) is 6.30. The summed E-state index contributed by atoms with van der Waals surface area (Å²) in [4.78, 5) is 20.9. The van der Waals surface area contributed by atoms with Crippen molar-refractivity contribution >= 4 is 17.3 Å². The molecule has 0 aromatic heterocycles. The highest BCUT2D eigenvalue weighted by atomic mass is 16.6. The van der Waals surface area contributed by atoms with Crippen LogP contribution >= 0.6 is 0 Å². The van der Waals surface area contributed by atoms with Crippen LogP contribution in [0.2, 0.25) is 0 Å². The second-order valence-corrected chi connectivity index (χ2v) is 2.43. The average Bonchev–Trinajstić information content (AvgIpc) is 2.48. The van der Waals surface area contributed by atoms with Crippen molar-refractivity contribution in [2.45, 2.75) is 0 Å². The van der Waals surface area contributed by atoms with Crippen LogP contribution in [0.1, 0.15) is 10.4 Å². The Hall–Kier alpha value is -2.11. The largest absolute Gasteiger partial charge is 0.304 e. The van der Waals surface area contributed by atoms with E-state index >= 15 is 0 Å². The number of benzene rings is 1. The molecule has 1 aromatic rings. The topological polar surface area (TPSA) is 84.9 Å². The minimum atomic E-state index is -0.651. The molecule has 0 saturated heterocycles. The molecule has 6 heteroatoms. The summed E-state index contributed by atoms with van der Waals surface area (Å²) in [5.74, 6) is -0.651. The highest BCUT2D eigenvalue weighted by molar-refractivity contribution is 6.05. The van der Waals surface area contributed by atoms with E-state index in [4.69, 9.17) is 0 Å². The first-order valence-electron chi connectivity index (χ1n) is 3.43. The minimum absolute atomic E-state index is 0.0208. The van der Waals surface area contributed by atoms with Gasteiger partial charge in [0.25, 0.3) is 5.69 Å². The zero-order chi connectivity index (χ0) is 9.42. The predicted octanol–water partition coefficient (Wildman–Crippen LogP) is 1.83. The molecule has 1 heterocycles. The molecule has 1 aliphatic heterocycles. The Labute approximate surface area is 72.1 Å². The monoisotopic (exact) mass is 177 g/mol. The lowest BCUT2D eigenvalue weighted by Crippen LogP contribution is -1.97. The van der Waals surface area contributed by atoms with Gasteiger partial charge < -0.3 is 0 Å². The molecule has 0 bridgehead atoms. The number of nitro groups is 1. The van der Waals surface area contributed by atoms with Crippen LogP contribution < -0.4 is 0 Å². The lowest BCUT2D eigenvalue weighted by molar-refractivity contribution is -0.385. The molecule has 1 aliphatic rings. The maximum absolute atomic E-state index is 11.0. The summed E-state index contributed by atoms with van der Waals surface area (Å²) in [5.41, 5.74) is -0.000741. The van der Waals surface area contributed by atoms with Gasteiger partial charge in [-0.25, -0.2) is 0 Å². The van der Waals surface area contributed by atoms with Gasteiger partial charge in [-0.15, -0.1) is 10.2 Å². The van der Waals surface area contributed by atoms with Gasteiger partial charge in [-0.1, -0.05) is 6.07 Å². The molecule has 0 saturated carbocycles. The molecule has 2 rings (SSSR count). The SMILES string of the molecule is O=C1N=Nc2cccc([N+](=O)[O-])c21. The van der Waals surface area contributed by atoms with Gasteiger partial charge in [0.05, 0.1) is 4.92 Å². The van der Waals surface area contributed by atoms with E-state index in [9.17, 15) is 14.9 Å². The van der Waals surface area contributed by atoms with Gasteiger partial charge in [0.15, 0.2) is 0 Å². The fourth-order valence-corrected chi connectivity index (χ4v) is 1.13. The van der Waals surface area contributed by atoms with Crippen molar-refractivity contribution in [1.82, 2.24) is 0 Å². The summed E-state index contributed by atoms with van der Waals surface area (Å²) in [5, 5.41) is 17.2. The van der Waals surface area contributed by atoms with Gasteiger partial charge in [-0.05, 0) is 6.07 Å². The number of nitro benzene ring substituents is 1. The molecule has 1 aromatic carbocycles. The number of rotatable bonds is 1. The standard InChI is InChI=1S/C7H3N3O3/c11-7-6-4(8-9-7)2-1-3-5(6)10(12)13/h1-3H.